The van der Waals surface area contributed by atoms with E-state index < -0.39 is 52.5 Å². The van der Waals surface area contributed by atoms with Crippen LogP contribution in [0.3, 0.4) is 0 Å². The van der Waals surface area contributed by atoms with E-state index >= 15 is 0 Å². The minimum atomic E-state index is -5.18. The van der Waals surface area contributed by atoms with E-state index in [4.69, 9.17) is 32.2 Å². The lowest BCUT2D eigenvalue weighted by Crippen LogP contribution is -2.37. The standard InChI is InChI=1S/C14H26N4O11P2.2C2H7NO/c1-18(2,3)6-7-26-30(22,23)29-31(24,25)27-8-9-11(19)12(20)13(28-9)17-5-4-10(15)16-14(17)21;2*3-1-2-4/h4-5,9,11-13,19-20H,6-8H2,1-3H3,(H3-,15,16,21,22,23,24,25);2*4H,1-3H2/t9-,11-,12-,13?;;/m1../s1. The number of phosphoric ester groups is 2. The molecule has 0 aromatic carbocycles. The zero-order valence-corrected chi connectivity index (χ0v) is 23.7. The second-order valence-corrected chi connectivity index (χ2v) is 11.8. The highest BCUT2D eigenvalue weighted by Crippen LogP contribution is 2.58. The summed E-state index contributed by atoms with van der Waals surface area (Å²) in [5.74, 6) is -0.0711. The smallest absolute Gasteiger partial charge is 0.478 e. The number of aromatic nitrogens is 2. The van der Waals surface area contributed by atoms with Crippen molar-refractivity contribution < 1.29 is 61.9 Å². The predicted octanol–water partition coefficient (Wildman–Crippen LogP) is -4.36. The van der Waals surface area contributed by atoms with Crippen LogP contribution < -0.4 is 27.8 Å². The lowest BCUT2D eigenvalue weighted by atomic mass is 10.1. The summed E-state index contributed by atoms with van der Waals surface area (Å²) < 4.78 is 43.4. The van der Waals surface area contributed by atoms with Gasteiger partial charge >= 0.3 is 13.5 Å². The highest BCUT2D eigenvalue weighted by Gasteiger charge is 2.45. The molecule has 230 valence electrons. The quantitative estimate of drug-likeness (QED) is 0.0818. The monoisotopic (exact) mass is 610 g/mol. The number of aliphatic hydroxyl groups is 4. The van der Waals surface area contributed by atoms with Gasteiger partial charge in [-0.1, -0.05) is 0 Å². The number of nitrogen functional groups attached to an aromatic ring is 1. The van der Waals surface area contributed by atoms with Crippen LogP contribution >= 0.6 is 15.6 Å². The van der Waals surface area contributed by atoms with Crippen LogP contribution in [0.5, 0.6) is 0 Å². The molecule has 2 rings (SSSR count). The molecule has 1 aromatic heterocycles. The SMILES string of the molecule is C[N+](C)(C)CCOP(=O)([O-])OP(=O)(O)OC[C@H]1OC(n2ccc(N)nc2=O)[C@H](O)[C@@H]1O.NCCO.NCCO. The molecule has 1 aliphatic rings. The molecule has 1 aromatic rings. The maximum Gasteiger partial charge on any atom is 0.478 e. The van der Waals surface area contributed by atoms with Gasteiger partial charge in [0.2, 0.25) is 0 Å². The van der Waals surface area contributed by atoms with Gasteiger partial charge in [-0.3, -0.25) is 13.7 Å². The summed E-state index contributed by atoms with van der Waals surface area (Å²) in [4.78, 5) is 36.7. The molecule has 19 nitrogen and oxygen atoms in total. The number of hydrogen-bond acceptors (Lipinski definition) is 16. The van der Waals surface area contributed by atoms with E-state index in [0.29, 0.717) is 17.6 Å². The van der Waals surface area contributed by atoms with Crippen molar-refractivity contribution in [3.8, 4) is 0 Å². The third-order valence-electron chi connectivity index (χ3n) is 4.34. The van der Waals surface area contributed by atoms with Gasteiger partial charge in [0.15, 0.2) is 6.23 Å². The third kappa shape index (κ3) is 15.3. The average Bonchev–Trinajstić information content (AvgIpc) is 3.10. The minimum Gasteiger partial charge on any atom is -0.756 e. The molecule has 6 atom stereocenters. The first-order valence-electron chi connectivity index (χ1n) is 11.4. The van der Waals surface area contributed by atoms with E-state index in [9.17, 15) is 33.9 Å². The van der Waals surface area contributed by atoms with Gasteiger partial charge in [0.05, 0.1) is 41.0 Å². The number of quaternary nitrogens is 1. The molecule has 0 saturated carbocycles. The van der Waals surface area contributed by atoms with Gasteiger partial charge in [-0.25, -0.2) is 13.7 Å². The number of hydrogen-bond donors (Lipinski definition) is 8. The summed E-state index contributed by atoms with van der Waals surface area (Å²) in [6.07, 6.45) is -4.89. The number of anilines is 1. The van der Waals surface area contributed by atoms with Crippen LogP contribution in [0.4, 0.5) is 5.82 Å². The highest BCUT2D eigenvalue weighted by molar-refractivity contribution is 7.60. The Bertz CT molecular complexity index is 987. The molecule has 0 radical (unpaired) electrons. The van der Waals surface area contributed by atoms with Crippen molar-refractivity contribution in [3.05, 3.63) is 22.7 Å². The van der Waals surface area contributed by atoms with E-state index in [1.807, 2.05) is 0 Å². The van der Waals surface area contributed by atoms with E-state index in [1.54, 1.807) is 21.1 Å². The fourth-order valence-electron chi connectivity index (χ4n) is 2.48. The Morgan fingerprint density at radius 1 is 1.13 bits per heavy atom. The molecule has 1 aliphatic heterocycles. The zero-order valence-electron chi connectivity index (χ0n) is 21.9. The molecule has 0 aliphatic carbocycles. The summed E-state index contributed by atoms with van der Waals surface area (Å²) in [6.45, 7) is 0.0679. The van der Waals surface area contributed by atoms with Crippen molar-refractivity contribution in [1.29, 1.82) is 0 Å². The van der Waals surface area contributed by atoms with E-state index in [2.05, 4.69) is 18.3 Å². The Kier molecular flexibility index (Phi) is 16.8. The van der Waals surface area contributed by atoms with Gasteiger partial charge < -0.3 is 61.2 Å². The van der Waals surface area contributed by atoms with E-state index in [-0.39, 0.29) is 32.2 Å². The Labute approximate surface area is 225 Å². The normalized spacial score (nSPS) is 24.0. The van der Waals surface area contributed by atoms with Crippen molar-refractivity contribution in [2.24, 2.45) is 11.5 Å². The van der Waals surface area contributed by atoms with Crippen molar-refractivity contribution in [2.45, 2.75) is 24.5 Å². The highest BCUT2D eigenvalue weighted by atomic mass is 31.3. The van der Waals surface area contributed by atoms with Crippen LogP contribution in [0.1, 0.15) is 6.23 Å². The molecule has 0 bridgehead atoms. The number of nitrogens with two attached hydrogens (primary N) is 3. The van der Waals surface area contributed by atoms with Crippen LogP contribution in [0.2, 0.25) is 0 Å². The van der Waals surface area contributed by atoms with Gasteiger partial charge in [-0.15, -0.1) is 0 Å². The first-order chi connectivity index (χ1) is 17.9. The molecule has 11 N–H and O–H groups in total. The second kappa shape index (κ2) is 17.4. The lowest BCUT2D eigenvalue weighted by Gasteiger charge is -2.28. The van der Waals surface area contributed by atoms with Crippen molar-refractivity contribution in [3.63, 3.8) is 0 Å². The van der Waals surface area contributed by atoms with Gasteiger partial charge in [0.25, 0.3) is 7.82 Å². The van der Waals surface area contributed by atoms with Crippen LogP contribution in [0.15, 0.2) is 17.1 Å². The molecule has 1 saturated heterocycles. The number of ether oxygens (including phenoxy) is 1. The fourth-order valence-corrected chi connectivity index (χ4v) is 4.51. The largest absolute Gasteiger partial charge is 0.756 e. The molecule has 0 spiro atoms. The van der Waals surface area contributed by atoms with E-state index in [1.165, 1.54) is 12.3 Å². The maximum atomic E-state index is 12.0. The van der Waals surface area contributed by atoms with Crippen molar-refractivity contribution in [2.75, 3.05) is 72.9 Å². The molecular formula is C18H40N6O13P2. The van der Waals surface area contributed by atoms with Gasteiger partial charge in [0, 0.05) is 19.3 Å². The first kappa shape index (κ1) is 37.6. The van der Waals surface area contributed by atoms with Crippen molar-refractivity contribution in [1.82, 2.24) is 9.55 Å². The van der Waals surface area contributed by atoms with E-state index in [0.717, 1.165) is 4.57 Å². The first-order valence-corrected chi connectivity index (χ1v) is 14.3. The van der Waals surface area contributed by atoms with Gasteiger partial charge in [0.1, 0.15) is 37.3 Å². The predicted molar refractivity (Wildman–Crippen MR) is 134 cm³/mol. The maximum absolute atomic E-state index is 12.0. The third-order valence-corrected chi connectivity index (χ3v) is 6.94. The van der Waals surface area contributed by atoms with Crippen LogP contribution in [-0.2, 0) is 27.2 Å². The minimum absolute atomic E-state index is 0.0711. The Morgan fingerprint density at radius 3 is 2.13 bits per heavy atom. The number of nitrogens with zero attached hydrogens (tertiary/aromatic N) is 3. The molecule has 0 amide bonds. The van der Waals surface area contributed by atoms with Gasteiger partial charge in [-0.05, 0) is 6.07 Å². The molecule has 21 heteroatoms. The van der Waals surface area contributed by atoms with Crippen molar-refractivity contribution >= 4 is 21.5 Å². The number of rotatable bonds is 12. The lowest BCUT2D eigenvalue weighted by molar-refractivity contribution is -0.870. The topological polar surface area (TPSA) is 308 Å². The average molecular weight is 610 g/mol. The van der Waals surface area contributed by atoms with Crippen LogP contribution in [0, 0.1) is 0 Å². The summed E-state index contributed by atoms with van der Waals surface area (Å²) in [6, 6.07) is 1.26. The number of phosphoric acid groups is 2. The zero-order chi connectivity index (χ0) is 30.4. The summed E-state index contributed by atoms with van der Waals surface area (Å²) in [7, 11) is -5.01. The molecule has 3 unspecified atom stereocenters. The molecule has 2 heterocycles. The summed E-state index contributed by atoms with van der Waals surface area (Å²) in [5.41, 5.74) is 14.1. The fraction of sp³-hybridized carbons (Fsp3) is 0.778. The summed E-state index contributed by atoms with van der Waals surface area (Å²) >= 11 is 0. The Balaban J connectivity index is 0.00000159. The van der Waals surface area contributed by atoms with Crippen LogP contribution in [-0.4, -0.2) is 125 Å². The van der Waals surface area contributed by atoms with Crippen LogP contribution in [0.25, 0.3) is 0 Å². The number of likely N-dealkylation sites (N-methyl/N-ethyl adjacent to an activating group) is 1. The van der Waals surface area contributed by atoms with Gasteiger partial charge in [-0.2, -0.15) is 4.98 Å². The molecule has 1 fully saturated rings. The number of aliphatic hydroxyl groups excluding tert-OH is 4. The Hall–Kier alpha value is -1.38. The molecular weight excluding hydrogens is 570 g/mol. The second-order valence-electron chi connectivity index (χ2n) is 8.75. The Morgan fingerprint density at radius 2 is 1.67 bits per heavy atom. The summed E-state index contributed by atoms with van der Waals surface area (Å²) in [5, 5.41) is 35.7. The molecule has 39 heavy (non-hydrogen) atoms.